The van der Waals surface area contributed by atoms with Crippen molar-refractivity contribution in [3.8, 4) is 0 Å². The lowest BCUT2D eigenvalue weighted by atomic mass is 10.0. The van der Waals surface area contributed by atoms with E-state index >= 15 is 0 Å². The molecule has 2 aromatic carbocycles. The summed E-state index contributed by atoms with van der Waals surface area (Å²) in [6, 6.07) is 11.8. The van der Waals surface area contributed by atoms with Crippen LogP contribution in [-0.2, 0) is 20.7 Å². The molecule has 2 amide bonds. The molecule has 0 aromatic heterocycles. The zero-order valence-corrected chi connectivity index (χ0v) is 17.6. The van der Waals surface area contributed by atoms with Gasteiger partial charge in [0.15, 0.2) is 6.10 Å². The highest BCUT2D eigenvalue weighted by molar-refractivity contribution is 6.03. The second kappa shape index (κ2) is 8.34. The molecule has 1 fully saturated rings. The van der Waals surface area contributed by atoms with Crippen LogP contribution in [0.3, 0.4) is 0 Å². The van der Waals surface area contributed by atoms with Gasteiger partial charge in [0.05, 0.1) is 5.56 Å². The van der Waals surface area contributed by atoms with Gasteiger partial charge in [0.2, 0.25) is 17.6 Å². The zero-order chi connectivity index (χ0) is 22.1. The van der Waals surface area contributed by atoms with Crippen LogP contribution in [0.15, 0.2) is 42.5 Å². The highest BCUT2D eigenvalue weighted by atomic mass is 16.5. The van der Waals surface area contributed by atoms with Crippen molar-refractivity contribution in [1.29, 1.82) is 0 Å². The normalized spacial score (nSPS) is 16.3. The molecule has 0 spiro atoms. The topological polar surface area (TPSA) is 84.0 Å². The van der Waals surface area contributed by atoms with Crippen molar-refractivity contribution in [3.63, 3.8) is 0 Å². The Bertz CT molecular complexity index is 1060. The van der Waals surface area contributed by atoms with E-state index in [0.29, 0.717) is 37.1 Å². The zero-order valence-electron chi connectivity index (χ0n) is 17.6. The van der Waals surface area contributed by atoms with Crippen LogP contribution >= 0.6 is 0 Å². The molecule has 1 saturated heterocycles. The SMILES string of the molecule is CC(=O)N1CCc2cc(C(=O)[C@H](C)OC(=O)c3ccc(N4CCCC4=O)cc3)ccc21. The van der Waals surface area contributed by atoms with Gasteiger partial charge in [0.25, 0.3) is 0 Å². The first kappa shape index (κ1) is 20.8. The third-order valence-electron chi connectivity index (χ3n) is 5.78. The number of esters is 1. The van der Waals surface area contributed by atoms with E-state index in [0.717, 1.165) is 23.4 Å². The predicted octanol–water partition coefficient (Wildman–Crippen LogP) is 3.15. The van der Waals surface area contributed by atoms with Crippen LogP contribution in [0, 0.1) is 0 Å². The first-order chi connectivity index (χ1) is 14.8. The molecular weight excluding hydrogens is 396 g/mol. The molecule has 31 heavy (non-hydrogen) atoms. The minimum atomic E-state index is -0.948. The van der Waals surface area contributed by atoms with Crippen LogP contribution in [0.4, 0.5) is 11.4 Å². The minimum absolute atomic E-state index is 0.0276. The molecule has 0 N–H and O–H groups in total. The number of rotatable bonds is 5. The van der Waals surface area contributed by atoms with Crippen molar-refractivity contribution >= 4 is 34.9 Å². The standard InChI is InChI=1S/C24H24N2O5/c1-15(23(29)19-7-10-21-18(14-19)11-13-25(21)16(2)27)31-24(30)17-5-8-20(9-6-17)26-12-3-4-22(26)28/h5-10,14-15H,3-4,11-13H2,1-2H3/t15-/m0/s1. The van der Waals surface area contributed by atoms with Gasteiger partial charge in [-0.3, -0.25) is 14.4 Å². The molecule has 0 saturated carbocycles. The molecule has 2 aliphatic heterocycles. The average molecular weight is 420 g/mol. The predicted molar refractivity (Wildman–Crippen MR) is 115 cm³/mol. The summed E-state index contributed by atoms with van der Waals surface area (Å²) < 4.78 is 5.38. The Morgan fingerprint density at radius 2 is 1.68 bits per heavy atom. The number of hydrogen-bond acceptors (Lipinski definition) is 5. The Balaban J connectivity index is 1.41. The number of ether oxygens (including phenoxy) is 1. The highest BCUT2D eigenvalue weighted by Gasteiger charge is 2.26. The summed E-state index contributed by atoms with van der Waals surface area (Å²) in [5.41, 5.74) is 3.28. The summed E-state index contributed by atoms with van der Waals surface area (Å²) in [4.78, 5) is 52.2. The van der Waals surface area contributed by atoms with Gasteiger partial charge in [-0.25, -0.2) is 4.79 Å². The molecule has 2 heterocycles. The Morgan fingerprint density at radius 1 is 0.968 bits per heavy atom. The van der Waals surface area contributed by atoms with E-state index in [-0.39, 0.29) is 17.6 Å². The first-order valence-corrected chi connectivity index (χ1v) is 10.4. The largest absolute Gasteiger partial charge is 0.451 e. The highest BCUT2D eigenvalue weighted by Crippen LogP contribution is 2.29. The van der Waals surface area contributed by atoms with E-state index in [4.69, 9.17) is 4.74 Å². The van der Waals surface area contributed by atoms with Crippen molar-refractivity contribution in [2.24, 2.45) is 0 Å². The number of amides is 2. The molecule has 0 bridgehead atoms. The summed E-state index contributed by atoms with van der Waals surface area (Å²) in [6.07, 6.45) is 1.11. The van der Waals surface area contributed by atoms with E-state index in [1.807, 2.05) is 0 Å². The summed E-state index contributed by atoms with van der Waals surface area (Å²) in [5, 5.41) is 0. The molecule has 4 rings (SSSR count). The molecule has 0 aliphatic carbocycles. The summed E-state index contributed by atoms with van der Waals surface area (Å²) >= 11 is 0. The Morgan fingerprint density at radius 3 is 2.32 bits per heavy atom. The molecule has 0 unspecified atom stereocenters. The third-order valence-corrected chi connectivity index (χ3v) is 5.78. The Hall–Kier alpha value is -3.48. The number of Topliss-reactive ketones (excluding diaryl/α,β-unsaturated/α-hetero) is 1. The van der Waals surface area contributed by atoms with E-state index in [1.165, 1.54) is 6.92 Å². The second-order valence-electron chi connectivity index (χ2n) is 7.87. The number of hydrogen-bond donors (Lipinski definition) is 0. The molecule has 1 atom stereocenters. The van der Waals surface area contributed by atoms with E-state index in [9.17, 15) is 19.2 Å². The van der Waals surface area contributed by atoms with E-state index in [2.05, 4.69) is 0 Å². The fourth-order valence-corrected chi connectivity index (χ4v) is 4.10. The molecule has 7 nitrogen and oxygen atoms in total. The monoisotopic (exact) mass is 420 g/mol. The van der Waals surface area contributed by atoms with Gasteiger partial charge in [-0.15, -0.1) is 0 Å². The molecule has 160 valence electrons. The minimum Gasteiger partial charge on any atom is -0.451 e. The van der Waals surface area contributed by atoms with Gasteiger partial charge in [-0.05, 0) is 67.8 Å². The molecule has 2 aromatic rings. The van der Waals surface area contributed by atoms with E-state index < -0.39 is 12.1 Å². The molecular formula is C24H24N2O5. The number of fused-ring (bicyclic) bond motifs is 1. The van der Waals surface area contributed by atoms with Crippen LogP contribution in [-0.4, -0.2) is 42.8 Å². The summed E-state index contributed by atoms with van der Waals surface area (Å²) in [5.74, 6) is -0.837. The van der Waals surface area contributed by atoms with Crippen LogP contribution in [0.2, 0.25) is 0 Å². The van der Waals surface area contributed by atoms with Crippen LogP contribution < -0.4 is 9.80 Å². The van der Waals surface area contributed by atoms with Gasteiger partial charge in [0.1, 0.15) is 0 Å². The van der Waals surface area contributed by atoms with Gasteiger partial charge in [-0.2, -0.15) is 0 Å². The smallest absolute Gasteiger partial charge is 0.338 e. The Kier molecular flexibility index (Phi) is 5.59. The number of benzene rings is 2. The number of anilines is 2. The lowest BCUT2D eigenvalue weighted by Gasteiger charge is -2.17. The quantitative estimate of drug-likeness (QED) is 0.548. The average Bonchev–Trinajstić information content (AvgIpc) is 3.38. The second-order valence-corrected chi connectivity index (χ2v) is 7.87. The molecule has 0 radical (unpaired) electrons. The fraction of sp³-hybridized carbons (Fsp3) is 0.333. The maximum atomic E-state index is 12.8. The van der Waals surface area contributed by atoms with Crippen molar-refractivity contribution in [2.45, 2.75) is 39.2 Å². The Labute approximate surface area is 180 Å². The lowest BCUT2D eigenvalue weighted by molar-refractivity contribution is -0.117. The van der Waals surface area contributed by atoms with Crippen molar-refractivity contribution in [1.82, 2.24) is 0 Å². The van der Waals surface area contributed by atoms with Crippen molar-refractivity contribution in [3.05, 3.63) is 59.2 Å². The van der Waals surface area contributed by atoms with Crippen LogP contribution in [0.5, 0.6) is 0 Å². The van der Waals surface area contributed by atoms with Gasteiger partial charge in [-0.1, -0.05) is 0 Å². The fourth-order valence-electron chi connectivity index (χ4n) is 4.10. The number of nitrogens with zero attached hydrogens (tertiary/aromatic N) is 2. The van der Waals surface area contributed by atoms with Gasteiger partial charge >= 0.3 is 5.97 Å². The summed E-state index contributed by atoms with van der Waals surface area (Å²) in [6.45, 7) is 4.35. The molecule has 2 aliphatic rings. The molecule has 7 heteroatoms. The maximum absolute atomic E-state index is 12.8. The first-order valence-electron chi connectivity index (χ1n) is 10.4. The lowest BCUT2D eigenvalue weighted by Crippen LogP contribution is -2.26. The van der Waals surface area contributed by atoms with Crippen LogP contribution in [0.25, 0.3) is 0 Å². The summed E-state index contributed by atoms with van der Waals surface area (Å²) in [7, 11) is 0. The van der Waals surface area contributed by atoms with E-state index in [1.54, 1.807) is 59.2 Å². The van der Waals surface area contributed by atoms with Gasteiger partial charge < -0.3 is 14.5 Å². The van der Waals surface area contributed by atoms with Gasteiger partial charge in [0, 0.05) is 43.4 Å². The number of carbonyl (C=O) groups excluding carboxylic acids is 4. The maximum Gasteiger partial charge on any atom is 0.338 e. The number of ketones is 1. The third kappa shape index (κ3) is 4.08. The van der Waals surface area contributed by atoms with Crippen LogP contribution in [0.1, 0.15) is 53.0 Å². The number of carbonyl (C=O) groups is 4. The van der Waals surface area contributed by atoms with Crippen molar-refractivity contribution in [2.75, 3.05) is 22.9 Å². The van der Waals surface area contributed by atoms with Crippen molar-refractivity contribution < 1.29 is 23.9 Å².